The van der Waals surface area contributed by atoms with Crippen molar-refractivity contribution in [1.29, 1.82) is 5.26 Å². The van der Waals surface area contributed by atoms with Crippen molar-refractivity contribution in [1.82, 2.24) is 9.97 Å². The molecule has 2 heterocycles. The van der Waals surface area contributed by atoms with Crippen LogP contribution in [-0.2, 0) is 15.8 Å². The van der Waals surface area contributed by atoms with Crippen molar-refractivity contribution in [3.8, 4) is 6.07 Å². The van der Waals surface area contributed by atoms with Crippen LogP contribution in [0.4, 0.5) is 21.8 Å². The zero-order valence-electron chi connectivity index (χ0n) is 21.7. The first-order valence-electron chi connectivity index (χ1n) is 12.0. The van der Waals surface area contributed by atoms with Crippen molar-refractivity contribution in [2.45, 2.75) is 64.9 Å². The van der Waals surface area contributed by atoms with Gasteiger partial charge in [-0.3, -0.25) is 0 Å². The lowest BCUT2D eigenvalue weighted by Crippen LogP contribution is -2.42. The van der Waals surface area contributed by atoms with Crippen LogP contribution >= 0.6 is 0 Å². The van der Waals surface area contributed by atoms with E-state index < -0.39 is 21.3 Å². The molecule has 0 bridgehead atoms. The number of ether oxygens (including phenoxy) is 1. The first-order chi connectivity index (χ1) is 16.8. The van der Waals surface area contributed by atoms with E-state index in [0.717, 1.165) is 5.56 Å². The van der Waals surface area contributed by atoms with Gasteiger partial charge in [0.1, 0.15) is 11.6 Å². The van der Waals surface area contributed by atoms with E-state index in [1.807, 2.05) is 6.92 Å². The summed E-state index contributed by atoms with van der Waals surface area (Å²) in [5.74, 6) is -0.195. The lowest BCUT2D eigenvalue weighted by atomic mass is 9.76. The molecule has 0 spiro atoms. The molecular weight excluding hydrogens is 480 g/mol. The van der Waals surface area contributed by atoms with Crippen LogP contribution in [0.25, 0.3) is 0 Å². The number of nitriles is 1. The van der Waals surface area contributed by atoms with E-state index in [0.29, 0.717) is 36.7 Å². The van der Waals surface area contributed by atoms with Crippen molar-refractivity contribution in [2.75, 3.05) is 23.8 Å². The Balaban J connectivity index is 1.85. The maximum absolute atomic E-state index is 15.0. The van der Waals surface area contributed by atoms with Gasteiger partial charge in [0, 0.05) is 29.5 Å². The van der Waals surface area contributed by atoms with Crippen LogP contribution < -0.4 is 16.1 Å². The highest BCUT2D eigenvalue weighted by atomic mass is 28.4. The lowest BCUT2D eigenvalue weighted by Gasteiger charge is -2.36. The summed E-state index contributed by atoms with van der Waals surface area (Å²) in [5.41, 5.74) is 1.25. The van der Waals surface area contributed by atoms with Crippen LogP contribution in [0.1, 0.15) is 38.3 Å². The minimum Gasteiger partial charge on any atom is -0.423 e. The predicted octanol–water partition coefficient (Wildman–Crippen LogP) is 3.21. The molecule has 2 atom stereocenters. The third kappa shape index (κ3) is 6.60. The number of nitrogens with one attached hydrogen (secondary N) is 2. The monoisotopic (exact) mass is 515 g/mol. The molecule has 1 aliphatic heterocycles. The molecule has 1 aromatic heterocycles. The van der Waals surface area contributed by atoms with Crippen LogP contribution in [-0.4, -0.2) is 54.7 Å². The SMILES string of the molecule is Cc1cnc(Nc2cc(F)c(B(O)O)c(CO[Si](C)(C)C(C)(C)C)c2)nc1NC1COCCC1C#N. The maximum atomic E-state index is 15.0. The van der Waals surface area contributed by atoms with E-state index in [-0.39, 0.29) is 35.0 Å². The van der Waals surface area contributed by atoms with Gasteiger partial charge in [0.25, 0.3) is 0 Å². The summed E-state index contributed by atoms with van der Waals surface area (Å²) in [7, 11) is -4.15. The van der Waals surface area contributed by atoms with E-state index in [2.05, 4.69) is 60.5 Å². The fraction of sp³-hybridized carbons (Fsp3) is 0.542. The Labute approximate surface area is 213 Å². The number of benzene rings is 1. The highest BCUT2D eigenvalue weighted by molar-refractivity contribution is 6.74. The topological polar surface area (TPSA) is 133 Å². The summed E-state index contributed by atoms with van der Waals surface area (Å²) in [4.78, 5) is 8.82. The number of nitrogens with zero attached hydrogens (tertiary/aromatic N) is 3. The van der Waals surface area contributed by atoms with Gasteiger partial charge in [-0.2, -0.15) is 10.2 Å². The molecule has 36 heavy (non-hydrogen) atoms. The Kier molecular flexibility index (Phi) is 8.74. The molecule has 1 fully saturated rings. The molecular formula is C24H35BFN5O4Si. The van der Waals surface area contributed by atoms with Crippen LogP contribution in [0.15, 0.2) is 18.3 Å². The van der Waals surface area contributed by atoms with Gasteiger partial charge in [-0.15, -0.1) is 0 Å². The molecule has 0 saturated carbocycles. The van der Waals surface area contributed by atoms with Gasteiger partial charge in [0.15, 0.2) is 8.32 Å². The molecule has 2 unspecified atom stereocenters. The Morgan fingerprint density at radius 3 is 2.69 bits per heavy atom. The fourth-order valence-corrected chi connectivity index (χ4v) is 4.57. The summed E-state index contributed by atoms with van der Waals surface area (Å²) in [5, 5.41) is 35.3. The summed E-state index contributed by atoms with van der Waals surface area (Å²) < 4.78 is 26.7. The zero-order valence-corrected chi connectivity index (χ0v) is 22.7. The molecule has 1 aromatic carbocycles. The molecule has 4 N–H and O–H groups in total. The van der Waals surface area contributed by atoms with Crippen LogP contribution in [0.2, 0.25) is 18.1 Å². The average molecular weight is 515 g/mol. The van der Waals surface area contributed by atoms with Crippen molar-refractivity contribution < 1.29 is 23.6 Å². The second-order valence-electron chi connectivity index (χ2n) is 10.7. The molecule has 0 amide bonds. The minimum atomic E-state index is -2.17. The molecule has 12 heteroatoms. The number of hydrogen-bond acceptors (Lipinski definition) is 9. The third-order valence-corrected chi connectivity index (χ3v) is 11.4. The molecule has 9 nitrogen and oxygen atoms in total. The first-order valence-corrected chi connectivity index (χ1v) is 14.9. The quantitative estimate of drug-likeness (QED) is 0.391. The van der Waals surface area contributed by atoms with E-state index in [1.165, 1.54) is 6.07 Å². The Bertz CT molecular complexity index is 1120. The average Bonchev–Trinajstić information content (AvgIpc) is 2.79. The maximum Gasteiger partial charge on any atom is 0.491 e. The van der Waals surface area contributed by atoms with Crippen molar-refractivity contribution in [2.24, 2.45) is 5.92 Å². The Hall–Kier alpha value is -2.56. The zero-order chi connectivity index (χ0) is 26.7. The highest BCUT2D eigenvalue weighted by Crippen LogP contribution is 2.37. The van der Waals surface area contributed by atoms with Gasteiger partial charge in [0.2, 0.25) is 5.95 Å². The van der Waals surface area contributed by atoms with Crippen molar-refractivity contribution >= 4 is 38.4 Å². The Morgan fingerprint density at radius 2 is 2.06 bits per heavy atom. The first kappa shape index (κ1) is 28.0. The molecule has 3 rings (SSSR count). The smallest absolute Gasteiger partial charge is 0.423 e. The summed E-state index contributed by atoms with van der Waals surface area (Å²) in [6.07, 6.45) is 2.28. The normalized spacial score (nSPS) is 18.4. The van der Waals surface area contributed by atoms with E-state index in [4.69, 9.17) is 9.16 Å². The summed E-state index contributed by atoms with van der Waals surface area (Å²) >= 11 is 0. The van der Waals surface area contributed by atoms with Gasteiger partial charge < -0.3 is 29.8 Å². The number of rotatable bonds is 8. The molecule has 2 aromatic rings. The van der Waals surface area contributed by atoms with Crippen molar-refractivity contribution in [3.63, 3.8) is 0 Å². The van der Waals surface area contributed by atoms with Gasteiger partial charge in [-0.25, -0.2) is 9.37 Å². The Morgan fingerprint density at radius 1 is 1.33 bits per heavy atom. The predicted molar refractivity (Wildman–Crippen MR) is 140 cm³/mol. The summed E-state index contributed by atoms with van der Waals surface area (Å²) in [6, 6.07) is 4.89. The number of aryl methyl sites for hydroxylation is 1. The second kappa shape index (κ2) is 11.2. The lowest BCUT2D eigenvalue weighted by molar-refractivity contribution is 0.0698. The molecule has 1 aliphatic rings. The molecule has 1 saturated heterocycles. The van der Waals surface area contributed by atoms with Crippen LogP contribution in [0.3, 0.4) is 0 Å². The number of halogens is 1. The molecule has 0 aliphatic carbocycles. The second-order valence-corrected chi connectivity index (χ2v) is 15.5. The minimum absolute atomic E-state index is 0.0364. The summed E-state index contributed by atoms with van der Waals surface area (Å²) in [6.45, 7) is 13.3. The van der Waals surface area contributed by atoms with Gasteiger partial charge in [-0.05, 0) is 49.2 Å². The number of hydrogen-bond donors (Lipinski definition) is 4. The highest BCUT2D eigenvalue weighted by Gasteiger charge is 2.37. The van der Waals surface area contributed by atoms with Gasteiger partial charge >= 0.3 is 7.12 Å². The fourth-order valence-electron chi connectivity index (χ4n) is 3.62. The molecule has 194 valence electrons. The van der Waals surface area contributed by atoms with Crippen LogP contribution in [0, 0.1) is 30.0 Å². The van der Waals surface area contributed by atoms with Gasteiger partial charge in [0.05, 0.1) is 31.2 Å². The molecule has 0 radical (unpaired) electrons. The van der Waals surface area contributed by atoms with Crippen molar-refractivity contribution in [3.05, 3.63) is 35.3 Å². The van der Waals surface area contributed by atoms with E-state index in [9.17, 15) is 19.7 Å². The number of aromatic nitrogens is 2. The van der Waals surface area contributed by atoms with E-state index >= 15 is 0 Å². The van der Waals surface area contributed by atoms with E-state index in [1.54, 1.807) is 12.3 Å². The largest absolute Gasteiger partial charge is 0.491 e. The third-order valence-electron chi connectivity index (χ3n) is 6.94. The van der Waals surface area contributed by atoms with Crippen LogP contribution in [0.5, 0.6) is 0 Å². The number of anilines is 3. The van der Waals surface area contributed by atoms with Gasteiger partial charge in [-0.1, -0.05) is 20.8 Å². The standard InChI is InChI=1S/C24H35BFN5O4Si/c1-15-12-28-23(31-22(15)30-20-14-34-8-7-16(20)11-27)29-18-9-17(21(25(32)33)19(26)10-18)13-35-36(5,6)24(2,3)4/h9-10,12,16,20,32-33H,7-8,13-14H2,1-6H3,(H2,28,29,30,31).